The average molecular weight is 347 g/mol. The summed E-state index contributed by atoms with van der Waals surface area (Å²) in [5, 5.41) is 13.8. The second kappa shape index (κ2) is 7.23. The molecule has 1 aromatic rings. The zero-order valence-electron chi connectivity index (χ0n) is 11.1. The Morgan fingerprint density at radius 1 is 1.40 bits per heavy atom. The summed E-state index contributed by atoms with van der Waals surface area (Å²) in [4.78, 5) is 22.8. The standard InChI is InChI=1S/C13H16BrFN2O3/c1-7(2)5-11(12(18)19)17-13(20)16-10-6-8(15)3-4-9(10)14/h3-4,6-7,11H,5H2,1-2H3,(H,18,19)(H2,16,17,20). The van der Waals surface area contributed by atoms with Crippen LogP contribution >= 0.6 is 15.9 Å². The van der Waals surface area contributed by atoms with E-state index in [9.17, 15) is 14.0 Å². The Hall–Kier alpha value is -1.63. The molecule has 0 saturated carbocycles. The molecule has 1 aromatic carbocycles. The maximum absolute atomic E-state index is 13.1. The third-order valence-corrected chi connectivity index (χ3v) is 3.18. The minimum atomic E-state index is -1.10. The minimum Gasteiger partial charge on any atom is -0.480 e. The molecule has 0 heterocycles. The zero-order chi connectivity index (χ0) is 15.3. The van der Waals surface area contributed by atoms with Crippen molar-refractivity contribution >= 4 is 33.6 Å². The molecule has 5 nitrogen and oxygen atoms in total. The van der Waals surface area contributed by atoms with Crippen molar-refractivity contribution in [1.29, 1.82) is 0 Å². The lowest BCUT2D eigenvalue weighted by Gasteiger charge is -2.17. The second-order valence-electron chi connectivity index (χ2n) is 4.74. The number of carboxylic acids is 1. The van der Waals surface area contributed by atoms with Gasteiger partial charge in [0.1, 0.15) is 11.9 Å². The zero-order valence-corrected chi connectivity index (χ0v) is 12.7. The number of carbonyl (C=O) groups is 2. The van der Waals surface area contributed by atoms with Crippen LogP contribution in [0.3, 0.4) is 0 Å². The lowest BCUT2D eigenvalue weighted by atomic mass is 10.0. The van der Waals surface area contributed by atoms with Crippen molar-refractivity contribution in [2.45, 2.75) is 26.3 Å². The van der Waals surface area contributed by atoms with Crippen LogP contribution in [0, 0.1) is 11.7 Å². The summed E-state index contributed by atoms with van der Waals surface area (Å²) in [5.74, 6) is -1.48. The quantitative estimate of drug-likeness (QED) is 0.765. The topological polar surface area (TPSA) is 78.4 Å². The molecule has 0 spiro atoms. The Morgan fingerprint density at radius 3 is 2.60 bits per heavy atom. The van der Waals surface area contributed by atoms with E-state index in [1.54, 1.807) is 0 Å². The van der Waals surface area contributed by atoms with E-state index in [0.29, 0.717) is 10.9 Å². The lowest BCUT2D eigenvalue weighted by Crippen LogP contribution is -2.43. The van der Waals surface area contributed by atoms with Crippen molar-refractivity contribution < 1.29 is 19.1 Å². The van der Waals surface area contributed by atoms with E-state index in [1.807, 2.05) is 13.8 Å². The first kappa shape index (κ1) is 16.4. The monoisotopic (exact) mass is 346 g/mol. The Bertz CT molecular complexity index is 508. The van der Waals surface area contributed by atoms with Gasteiger partial charge in [0, 0.05) is 4.47 Å². The van der Waals surface area contributed by atoms with Gasteiger partial charge >= 0.3 is 12.0 Å². The van der Waals surface area contributed by atoms with Crippen LogP contribution < -0.4 is 10.6 Å². The van der Waals surface area contributed by atoms with Crippen molar-refractivity contribution in [2.75, 3.05) is 5.32 Å². The van der Waals surface area contributed by atoms with Crippen LogP contribution in [0.5, 0.6) is 0 Å². The van der Waals surface area contributed by atoms with Gasteiger partial charge in [0.05, 0.1) is 5.69 Å². The molecule has 0 radical (unpaired) electrons. The van der Waals surface area contributed by atoms with Gasteiger partial charge < -0.3 is 15.7 Å². The van der Waals surface area contributed by atoms with Gasteiger partial charge in [0.15, 0.2) is 0 Å². The maximum Gasteiger partial charge on any atom is 0.326 e. The number of amides is 2. The highest BCUT2D eigenvalue weighted by Crippen LogP contribution is 2.22. The molecule has 1 atom stereocenters. The molecule has 3 N–H and O–H groups in total. The fourth-order valence-corrected chi connectivity index (χ4v) is 1.95. The van der Waals surface area contributed by atoms with Crippen molar-refractivity contribution in [3.05, 3.63) is 28.5 Å². The molecule has 0 aliphatic rings. The fraction of sp³-hybridized carbons (Fsp3) is 0.385. The van der Waals surface area contributed by atoms with Crippen molar-refractivity contribution in [3.8, 4) is 0 Å². The number of urea groups is 1. The summed E-state index contributed by atoms with van der Waals surface area (Å²) in [5.41, 5.74) is 0.233. The molecule has 20 heavy (non-hydrogen) atoms. The summed E-state index contributed by atoms with van der Waals surface area (Å²) in [6.07, 6.45) is 0.313. The van der Waals surface area contributed by atoms with E-state index in [4.69, 9.17) is 5.11 Å². The number of hydrogen-bond acceptors (Lipinski definition) is 2. The molecule has 0 saturated heterocycles. The van der Waals surface area contributed by atoms with Crippen LogP contribution in [-0.4, -0.2) is 23.1 Å². The molecule has 0 fully saturated rings. The minimum absolute atomic E-state index is 0.123. The summed E-state index contributed by atoms with van der Waals surface area (Å²) in [7, 11) is 0. The van der Waals surface area contributed by atoms with Gasteiger partial charge in [-0.2, -0.15) is 0 Å². The van der Waals surface area contributed by atoms with E-state index in [0.717, 1.165) is 6.07 Å². The first-order chi connectivity index (χ1) is 9.29. The first-order valence-corrected chi connectivity index (χ1v) is 6.84. The van der Waals surface area contributed by atoms with Crippen LogP contribution in [0.15, 0.2) is 22.7 Å². The highest BCUT2D eigenvalue weighted by atomic mass is 79.9. The highest BCUT2D eigenvalue weighted by molar-refractivity contribution is 9.10. The molecular weight excluding hydrogens is 331 g/mol. The number of hydrogen-bond donors (Lipinski definition) is 3. The molecule has 0 aliphatic heterocycles. The maximum atomic E-state index is 13.1. The molecule has 0 bridgehead atoms. The molecule has 0 aliphatic carbocycles. The van der Waals surface area contributed by atoms with Crippen molar-refractivity contribution in [1.82, 2.24) is 5.32 Å². The van der Waals surface area contributed by atoms with E-state index in [2.05, 4.69) is 26.6 Å². The molecule has 1 rings (SSSR count). The predicted molar refractivity (Wildman–Crippen MR) is 77.1 cm³/mol. The summed E-state index contributed by atoms with van der Waals surface area (Å²) in [6.45, 7) is 3.72. The Labute approximate surface area is 124 Å². The van der Waals surface area contributed by atoms with Crippen molar-refractivity contribution in [2.24, 2.45) is 5.92 Å². The van der Waals surface area contributed by atoms with Gasteiger partial charge in [-0.3, -0.25) is 0 Å². The first-order valence-electron chi connectivity index (χ1n) is 6.05. The second-order valence-corrected chi connectivity index (χ2v) is 5.60. The smallest absolute Gasteiger partial charge is 0.326 e. The van der Waals surface area contributed by atoms with Crippen molar-refractivity contribution in [3.63, 3.8) is 0 Å². The number of anilines is 1. The Kier molecular flexibility index (Phi) is 5.94. The highest BCUT2D eigenvalue weighted by Gasteiger charge is 2.21. The molecule has 1 unspecified atom stereocenters. The third-order valence-electron chi connectivity index (χ3n) is 2.49. The SMILES string of the molecule is CC(C)CC(NC(=O)Nc1cc(F)ccc1Br)C(=O)O. The van der Waals surface area contributed by atoms with Crippen LogP contribution in [0.4, 0.5) is 14.9 Å². The Balaban J connectivity index is 2.70. The average Bonchev–Trinajstić information content (AvgIpc) is 2.32. The van der Waals surface area contributed by atoms with E-state index < -0.39 is 23.9 Å². The lowest BCUT2D eigenvalue weighted by molar-refractivity contribution is -0.139. The van der Waals surface area contributed by atoms with E-state index in [1.165, 1.54) is 12.1 Å². The van der Waals surface area contributed by atoms with Crippen LogP contribution in [0.1, 0.15) is 20.3 Å². The number of rotatable bonds is 5. The van der Waals surface area contributed by atoms with Crippen LogP contribution in [0.2, 0.25) is 0 Å². The fourth-order valence-electron chi connectivity index (χ4n) is 1.60. The molecular formula is C13H16BrFN2O3. The number of carboxylic acid groups (broad SMARTS) is 1. The summed E-state index contributed by atoms with van der Waals surface area (Å²) in [6, 6.07) is 2.16. The summed E-state index contributed by atoms with van der Waals surface area (Å²) < 4.78 is 13.6. The normalized spacial score (nSPS) is 12.1. The summed E-state index contributed by atoms with van der Waals surface area (Å²) >= 11 is 3.17. The van der Waals surface area contributed by atoms with Gasteiger partial charge in [-0.1, -0.05) is 13.8 Å². The number of benzene rings is 1. The number of carbonyl (C=O) groups excluding carboxylic acids is 1. The number of halogens is 2. The number of aliphatic carboxylic acids is 1. The molecule has 0 aromatic heterocycles. The predicted octanol–water partition coefficient (Wildman–Crippen LogP) is 3.21. The molecule has 2 amide bonds. The molecule has 7 heteroatoms. The van der Waals surface area contributed by atoms with E-state index in [-0.39, 0.29) is 11.6 Å². The van der Waals surface area contributed by atoms with Gasteiger partial charge in [-0.25, -0.2) is 14.0 Å². The number of nitrogens with one attached hydrogen (secondary N) is 2. The van der Waals surface area contributed by atoms with Gasteiger partial charge in [0.25, 0.3) is 0 Å². The largest absolute Gasteiger partial charge is 0.480 e. The van der Waals surface area contributed by atoms with Crippen LogP contribution in [0.25, 0.3) is 0 Å². The third kappa shape index (κ3) is 5.16. The van der Waals surface area contributed by atoms with Crippen LogP contribution in [-0.2, 0) is 4.79 Å². The van der Waals surface area contributed by atoms with E-state index >= 15 is 0 Å². The van der Waals surface area contributed by atoms with Gasteiger partial charge in [0.2, 0.25) is 0 Å². The van der Waals surface area contributed by atoms with Gasteiger partial charge in [-0.05, 0) is 46.5 Å². The van der Waals surface area contributed by atoms with Gasteiger partial charge in [-0.15, -0.1) is 0 Å². The molecule has 110 valence electrons. The Morgan fingerprint density at radius 2 is 2.05 bits per heavy atom.